The Kier molecular flexibility index (Phi) is 7.67. The number of likely N-dealkylation sites (N-methyl/N-ethyl adjacent to an activating group) is 1. The Morgan fingerprint density at radius 3 is 2.50 bits per heavy atom. The SMILES string of the molecule is CCNC(=O)[C@H](C)NC(=O)COC(=O)CCc1ccccc1. The molecule has 6 nitrogen and oxygen atoms in total. The Morgan fingerprint density at radius 1 is 1.18 bits per heavy atom. The fourth-order valence-corrected chi connectivity index (χ4v) is 1.79. The second-order valence-corrected chi connectivity index (χ2v) is 4.83. The van der Waals surface area contributed by atoms with Crippen LogP contribution in [-0.4, -0.2) is 37.0 Å². The average Bonchev–Trinajstić information content (AvgIpc) is 2.52. The molecule has 0 aromatic heterocycles. The number of carbonyl (C=O) groups excluding carboxylic acids is 3. The van der Waals surface area contributed by atoms with Gasteiger partial charge in [0, 0.05) is 13.0 Å². The molecular weight excluding hydrogens is 284 g/mol. The summed E-state index contributed by atoms with van der Waals surface area (Å²) in [6.45, 7) is 3.48. The van der Waals surface area contributed by atoms with Gasteiger partial charge in [0.15, 0.2) is 6.61 Å². The molecule has 22 heavy (non-hydrogen) atoms. The van der Waals surface area contributed by atoms with Crippen LogP contribution in [0, 0.1) is 0 Å². The number of benzene rings is 1. The maximum absolute atomic E-state index is 11.6. The van der Waals surface area contributed by atoms with E-state index < -0.39 is 17.9 Å². The van der Waals surface area contributed by atoms with Crippen LogP contribution in [0.3, 0.4) is 0 Å². The second kappa shape index (κ2) is 9.55. The van der Waals surface area contributed by atoms with Gasteiger partial charge in [-0.25, -0.2) is 0 Å². The van der Waals surface area contributed by atoms with E-state index in [2.05, 4.69) is 10.6 Å². The molecule has 6 heteroatoms. The summed E-state index contributed by atoms with van der Waals surface area (Å²) in [6.07, 6.45) is 0.778. The molecule has 0 saturated carbocycles. The van der Waals surface area contributed by atoms with E-state index in [0.717, 1.165) is 5.56 Å². The van der Waals surface area contributed by atoms with Gasteiger partial charge in [0.05, 0.1) is 0 Å². The van der Waals surface area contributed by atoms with Gasteiger partial charge in [0.1, 0.15) is 6.04 Å². The minimum atomic E-state index is -0.657. The van der Waals surface area contributed by atoms with E-state index in [9.17, 15) is 14.4 Å². The van der Waals surface area contributed by atoms with Crippen molar-refractivity contribution in [2.75, 3.05) is 13.2 Å². The van der Waals surface area contributed by atoms with Gasteiger partial charge in [-0.05, 0) is 25.8 Å². The molecular formula is C16H22N2O4. The van der Waals surface area contributed by atoms with Crippen LogP contribution in [0.5, 0.6) is 0 Å². The number of hydrogen-bond donors (Lipinski definition) is 2. The molecule has 1 atom stereocenters. The molecule has 0 unspecified atom stereocenters. The monoisotopic (exact) mass is 306 g/mol. The molecule has 1 aromatic rings. The zero-order chi connectivity index (χ0) is 16.4. The van der Waals surface area contributed by atoms with Crippen LogP contribution in [0.2, 0.25) is 0 Å². The summed E-state index contributed by atoms with van der Waals surface area (Å²) in [5.74, 6) is -1.21. The molecule has 1 rings (SSSR count). The standard InChI is InChI=1S/C16H22N2O4/c1-3-17-16(21)12(2)18-14(19)11-22-15(20)10-9-13-7-5-4-6-8-13/h4-8,12H,3,9-11H2,1-2H3,(H,17,21)(H,18,19)/t12-/m0/s1. The summed E-state index contributed by atoms with van der Waals surface area (Å²) < 4.78 is 4.88. The van der Waals surface area contributed by atoms with Crippen LogP contribution >= 0.6 is 0 Å². The van der Waals surface area contributed by atoms with Gasteiger partial charge in [-0.1, -0.05) is 30.3 Å². The largest absolute Gasteiger partial charge is 0.456 e. The van der Waals surface area contributed by atoms with Gasteiger partial charge in [0.25, 0.3) is 5.91 Å². The number of esters is 1. The van der Waals surface area contributed by atoms with E-state index in [-0.39, 0.29) is 18.9 Å². The number of hydrogen-bond acceptors (Lipinski definition) is 4. The summed E-state index contributed by atoms with van der Waals surface area (Å²) in [7, 11) is 0. The van der Waals surface area contributed by atoms with E-state index in [1.807, 2.05) is 30.3 Å². The lowest BCUT2D eigenvalue weighted by Gasteiger charge is -2.13. The molecule has 0 aliphatic rings. The predicted molar refractivity (Wildman–Crippen MR) is 82.0 cm³/mol. The first-order valence-electron chi connectivity index (χ1n) is 7.29. The van der Waals surface area contributed by atoms with Crippen LogP contribution in [-0.2, 0) is 25.5 Å². The highest BCUT2D eigenvalue weighted by Gasteiger charge is 2.15. The zero-order valence-electron chi connectivity index (χ0n) is 12.9. The Bertz CT molecular complexity index is 502. The van der Waals surface area contributed by atoms with E-state index in [0.29, 0.717) is 13.0 Å². The fraction of sp³-hybridized carbons (Fsp3) is 0.438. The Balaban J connectivity index is 2.23. The first-order valence-corrected chi connectivity index (χ1v) is 7.29. The molecule has 1 aromatic carbocycles. The molecule has 0 bridgehead atoms. The lowest BCUT2D eigenvalue weighted by Crippen LogP contribution is -2.46. The topological polar surface area (TPSA) is 84.5 Å². The Morgan fingerprint density at radius 2 is 1.86 bits per heavy atom. The number of rotatable bonds is 8. The van der Waals surface area contributed by atoms with Crippen molar-refractivity contribution >= 4 is 17.8 Å². The third-order valence-corrected chi connectivity index (χ3v) is 2.95. The molecule has 0 fully saturated rings. The number of carbonyl (C=O) groups is 3. The van der Waals surface area contributed by atoms with Gasteiger partial charge in [-0.2, -0.15) is 0 Å². The highest BCUT2D eigenvalue weighted by atomic mass is 16.5. The van der Waals surface area contributed by atoms with Crippen LogP contribution in [0.4, 0.5) is 0 Å². The van der Waals surface area contributed by atoms with Crippen molar-refractivity contribution in [2.24, 2.45) is 0 Å². The van der Waals surface area contributed by atoms with Crippen LogP contribution in [0.1, 0.15) is 25.8 Å². The van der Waals surface area contributed by atoms with Crippen LogP contribution in [0.25, 0.3) is 0 Å². The minimum Gasteiger partial charge on any atom is -0.456 e. The summed E-state index contributed by atoms with van der Waals surface area (Å²) >= 11 is 0. The lowest BCUT2D eigenvalue weighted by atomic mass is 10.1. The third-order valence-electron chi connectivity index (χ3n) is 2.95. The molecule has 2 N–H and O–H groups in total. The molecule has 0 saturated heterocycles. The van der Waals surface area contributed by atoms with Crippen LogP contribution < -0.4 is 10.6 Å². The summed E-state index contributed by atoms with van der Waals surface area (Å²) in [4.78, 5) is 34.6. The normalized spacial score (nSPS) is 11.4. The molecule has 0 aliphatic carbocycles. The van der Waals surface area contributed by atoms with Gasteiger partial charge in [0.2, 0.25) is 5.91 Å². The minimum absolute atomic E-state index is 0.211. The van der Waals surface area contributed by atoms with Gasteiger partial charge >= 0.3 is 5.97 Å². The maximum Gasteiger partial charge on any atom is 0.306 e. The van der Waals surface area contributed by atoms with E-state index in [4.69, 9.17) is 4.74 Å². The lowest BCUT2D eigenvalue weighted by molar-refractivity contribution is -0.148. The molecule has 0 spiro atoms. The molecule has 120 valence electrons. The summed E-state index contributed by atoms with van der Waals surface area (Å²) in [6, 6.07) is 8.90. The van der Waals surface area contributed by atoms with Crippen LogP contribution in [0.15, 0.2) is 30.3 Å². The summed E-state index contributed by atoms with van der Waals surface area (Å²) in [5.41, 5.74) is 1.04. The van der Waals surface area contributed by atoms with Crippen molar-refractivity contribution in [3.05, 3.63) is 35.9 Å². The van der Waals surface area contributed by atoms with Gasteiger partial charge in [-0.15, -0.1) is 0 Å². The maximum atomic E-state index is 11.6. The average molecular weight is 306 g/mol. The summed E-state index contributed by atoms with van der Waals surface area (Å²) in [5, 5.41) is 5.06. The fourth-order valence-electron chi connectivity index (χ4n) is 1.79. The van der Waals surface area contributed by atoms with E-state index in [1.165, 1.54) is 0 Å². The Hall–Kier alpha value is -2.37. The first kappa shape index (κ1) is 17.7. The van der Waals surface area contributed by atoms with Crippen molar-refractivity contribution in [3.63, 3.8) is 0 Å². The third kappa shape index (κ3) is 6.88. The van der Waals surface area contributed by atoms with Crippen molar-refractivity contribution in [1.82, 2.24) is 10.6 Å². The highest BCUT2D eigenvalue weighted by Crippen LogP contribution is 2.03. The molecule has 0 heterocycles. The Labute approximate surface area is 130 Å². The molecule has 2 amide bonds. The zero-order valence-corrected chi connectivity index (χ0v) is 12.9. The number of amides is 2. The van der Waals surface area contributed by atoms with E-state index in [1.54, 1.807) is 13.8 Å². The smallest absolute Gasteiger partial charge is 0.306 e. The predicted octanol–water partition coefficient (Wildman–Crippen LogP) is 0.803. The van der Waals surface area contributed by atoms with Crippen molar-refractivity contribution in [2.45, 2.75) is 32.7 Å². The van der Waals surface area contributed by atoms with Crippen molar-refractivity contribution in [1.29, 1.82) is 0 Å². The van der Waals surface area contributed by atoms with Gasteiger partial charge < -0.3 is 15.4 Å². The number of ether oxygens (including phenoxy) is 1. The number of nitrogens with one attached hydrogen (secondary N) is 2. The first-order chi connectivity index (χ1) is 10.5. The highest BCUT2D eigenvalue weighted by molar-refractivity contribution is 5.88. The van der Waals surface area contributed by atoms with Crippen molar-refractivity contribution in [3.8, 4) is 0 Å². The number of aryl methyl sites for hydroxylation is 1. The van der Waals surface area contributed by atoms with Crippen molar-refractivity contribution < 1.29 is 19.1 Å². The molecule has 0 aliphatic heterocycles. The molecule has 0 radical (unpaired) electrons. The second-order valence-electron chi connectivity index (χ2n) is 4.83. The van der Waals surface area contributed by atoms with E-state index >= 15 is 0 Å². The quantitative estimate of drug-likeness (QED) is 0.696. The van der Waals surface area contributed by atoms with Gasteiger partial charge in [-0.3, -0.25) is 14.4 Å².